The molecule has 5 heteroatoms. The molecule has 0 heterocycles. The fourth-order valence-corrected chi connectivity index (χ4v) is 1.36. The average Bonchev–Trinajstić information content (AvgIpc) is 2.44. The fourth-order valence-electron chi connectivity index (χ4n) is 1.36. The molecule has 19 heavy (non-hydrogen) atoms. The SMILES string of the molecule is CCCCOC(=O)NCCNOCc1ccccc1. The number of amides is 1. The molecule has 5 nitrogen and oxygen atoms in total. The van der Waals surface area contributed by atoms with Crippen LogP contribution >= 0.6 is 0 Å². The number of carbonyl (C=O) groups is 1. The fraction of sp³-hybridized carbons (Fsp3) is 0.500. The van der Waals surface area contributed by atoms with Crippen molar-refractivity contribution in [1.82, 2.24) is 10.8 Å². The first-order valence-electron chi connectivity index (χ1n) is 6.62. The molecule has 1 aromatic carbocycles. The maximum atomic E-state index is 11.2. The van der Waals surface area contributed by atoms with Crippen molar-refractivity contribution in [2.45, 2.75) is 26.4 Å². The third-order valence-corrected chi connectivity index (χ3v) is 2.41. The van der Waals surface area contributed by atoms with E-state index in [1.165, 1.54) is 0 Å². The normalized spacial score (nSPS) is 10.2. The van der Waals surface area contributed by atoms with Crippen LogP contribution < -0.4 is 10.8 Å². The summed E-state index contributed by atoms with van der Waals surface area (Å²) in [4.78, 5) is 16.4. The van der Waals surface area contributed by atoms with E-state index in [1.54, 1.807) is 0 Å². The number of alkyl carbamates (subject to hydrolysis) is 1. The molecule has 0 saturated heterocycles. The zero-order valence-electron chi connectivity index (χ0n) is 11.4. The maximum absolute atomic E-state index is 11.2. The molecule has 0 atom stereocenters. The van der Waals surface area contributed by atoms with Crippen LogP contribution in [0.4, 0.5) is 4.79 Å². The van der Waals surface area contributed by atoms with Crippen LogP contribution in [0.15, 0.2) is 30.3 Å². The summed E-state index contributed by atoms with van der Waals surface area (Å²) in [6, 6.07) is 9.88. The van der Waals surface area contributed by atoms with Crippen LogP contribution in [0.2, 0.25) is 0 Å². The standard InChI is InChI=1S/C14H22N2O3/c1-2-3-11-18-14(17)15-9-10-16-19-12-13-7-5-4-6-8-13/h4-8,16H,2-3,9-12H2,1H3,(H,15,17). The summed E-state index contributed by atoms with van der Waals surface area (Å²) in [5.41, 5.74) is 3.89. The third-order valence-electron chi connectivity index (χ3n) is 2.41. The maximum Gasteiger partial charge on any atom is 0.407 e. The topological polar surface area (TPSA) is 59.6 Å². The summed E-state index contributed by atoms with van der Waals surface area (Å²) in [6.07, 6.45) is 1.53. The van der Waals surface area contributed by atoms with Gasteiger partial charge in [-0.25, -0.2) is 10.3 Å². The molecular weight excluding hydrogens is 244 g/mol. The number of rotatable bonds is 9. The zero-order valence-corrected chi connectivity index (χ0v) is 11.4. The van der Waals surface area contributed by atoms with Gasteiger partial charge in [0.2, 0.25) is 0 Å². The highest BCUT2D eigenvalue weighted by molar-refractivity contribution is 5.66. The molecule has 0 unspecified atom stereocenters. The van der Waals surface area contributed by atoms with Crippen LogP contribution in [-0.4, -0.2) is 25.8 Å². The van der Waals surface area contributed by atoms with E-state index < -0.39 is 0 Å². The molecule has 1 amide bonds. The van der Waals surface area contributed by atoms with E-state index in [2.05, 4.69) is 17.7 Å². The van der Waals surface area contributed by atoms with E-state index in [1.807, 2.05) is 30.3 Å². The van der Waals surface area contributed by atoms with Crippen molar-refractivity contribution in [2.24, 2.45) is 0 Å². The number of carbonyl (C=O) groups excluding carboxylic acids is 1. The highest BCUT2D eigenvalue weighted by atomic mass is 16.6. The van der Waals surface area contributed by atoms with Gasteiger partial charge in [0.05, 0.1) is 13.2 Å². The predicted molar refractivity (Wildman–Crippen MR) is 73.5 cm³/mol. The van der Waals surface area contributed by atoms with Gasteiger partial charge in [-0.3, -0.25) is 4.84 Å². The minimum atomic E-state index is -0.377. The van der Waals surface area contributed by atoms with Gasteiger partial charge in [0, 0.05) is 13.1 Å². The van der Waals surface area contributed by atoms with Crippen molar-refractivity contribution in [1.29, 1.82) is 0 Å². The van der Waals surface area contributed by atoms with Gasteiger partial charge >= 0.3 is 6.09 Å². The number of ether oxygens (including phenoxy) is 1. The molecule has 0 aliphatic heterocycles. The van der Waals surface area contributed by atoms with Crippen molar-refractivity contribution < 1.29 is 14.4 Å². The first kappa shape index (κ1) is 15.5. The Bertz CT molecular complexity index is 344. The summed E-state index contributed by atoms with van der Waals surface area (Å²) in [5, 5.41) is 2.64. The number of hydroxylamine groups is 1. The number of hydrogen-bond donors (Lipinski definition) is 2. The van der Waals surface area contributed by atoms with E-state index in [0.717, 1.165) is 18.4 Å². The Morgan fingerprint density at radius 1 is 1.21 bits per heavy atom. The second kappa shape index (κ2) is 10.3. The van der Waals surface area contributed by atoms with Gasteiger partial charge < -0.3 is 10.1 Å². The highest BCUT2D eigenvalue weighted by Crippen LogP contribution is 1.98. The molecule has 0 saturated carbocycles. The Labute approximate surface area is 114 Å². The lowest BCUT2D eigenvalue weighted by Crippen LogP contribution is -2.32. The van der Waals surface area contributed by atoms with E-state index in [9.17, 15) is 4.79 Å². The molecule has 106 valence electrons. The lowest BCUT2D eigenvalue weighted by atomic mass is 10.2. The van der Waals surface area contributed by atoms with Gasteiger partial charge in [-0.2, -0.15) is 0 Å². The van der Waals surface area contributed by atoms with Gasteiger partial charge in [-0.1, -0.05) is 43.7 Å². The zero-order chi connectivity index (χ0) is 13.8. The quantitative estimate of drug-likeness (QED) is 0.531. The third kappa shape index (κ3) is 8.18. The first-order chi connectivity index (χ1) is 9.33. The molecule has 0 aliphatic carbocycles. The van der Waals surface area contributed by atoms with E-state index >= 15 is 0 Å². The van der Waals surface area contributed by atoms with Crippen LogP contribution in [-0.2, 0) is 16.2 Å². The lowest BCUT2D eigenvalue weighted by molar-refractivity contribution is 0.0287. The van der Waals surface area contributed by atoms with E-state index in [-0.39, 0.29) is 6.09 Å². The van der Waals surface area contributed by atoms with Gasteiger partial charge in [0.1, 0.15) is 0 Å². The Balaban J connectivity index is 1.92. The molecule has 0 radical (unpaired) electrons. The number of benzene rings is 1. The summed E-state index contributed by atoms with van der Waals surface area (Å²) in [5.74, 6) is 0. The van der Waals surface area contributed by atoms with Crippen LogP contribution in [0.1, 0.15) is 25.3 Å². The predicted octanol–water partition coefficient (Wildman–Crippen LogP) is 2.23. The second-order valence-electron chi connectivity index (χ2n) is 4.08. The average molecular weight is 266 g/mol. The molecule has 1 aromatic rings. The van der Waals surface area contributed by atoms with Crippen molar-refractivity contribution >= 4 is 6.09 Å². The molecule has 0 spiro atoms. The smallest absolute Gasteiger partial charge is 0.407 e. The number of nitrogens with one attached hydrogen (secondary N) is 2. The van der Waals surface area contributed by atoms with Crippen molar-refractivity contribution in [3.63, 3.8) is 0 Å². The minimum Gasteiger partial charge on any atom is -0.450 e. The molecule has 0 aromatic heterocycles. The largest absolute Gasteiger partial charge is 0.450 e. The van der Waals surface area contributed by atoms with Gasteiger partial charge in [0.15, 0.2) is 0 Å². The van der Waals surface area contributed by atoms with Crippen LogP contribution in [0.3, 0.4) is 0 Å². The summed E-state index contributed by atoms with van der Waals surface area (Å²) < 4.78 is 4.94. The second-order valence-corrected chi connectivity index (χ2v) is 4.08. The minimum absolute atomic E-state index is 0.377. The Hall–Kier alpha value is -1.59. The summed E-state index contributed by atoms with van der Waals surface area (Å²) >= 11 is 0. The monoisotopic (exact) mass is 266 g/mol. The summed E-state index contributed by atoms with van der Waals surface area (Å²) in [7, 11) is 0. The Morgan fingerprint density at radius 3 is 2.74 bits per heavy atom. The van der Waals surface area contributed by atoms with Crippen molar-refractivity contribution in [3.8, 4) is 0 Å². The molecule has 2 N–H and O–H groups in total. The molecular formula is C14H22N2O3. The molecule has 0 bridgehead atoms. The van der Waals surface area contributed by atoms with E-state index in [4.69, 9.17) is 9.57 Å². The highest BCUT2D eigenvalue weighted by Gasteiger charge is 1.99. The molecule has 0 fully saturated rings. The first-order valence-corrected chi connectivity index (χ1v) is 6.62. The van der Waals surface area contributed by atoms with Crippen molar-refractivity contribution in [2.75, 3.05) is 19.7 Å². The number of unbranched alkanes of at least 4 members (excludes halogenated alkanes) is 1. The van der Waals surface area contributed by atoms with Gasteiger partial charge in [-0.05, 0) is 12.0 Å². The Morgan fingerprint density at radius 2 is 2.00 bits per heavy atom. The van der Waals surface area contributed by atoms with E-state index in [0.29, 0.717) is 26.3 Å². The molecule has 1 rings (SSSR count). The van der Waals surface area contributed by atoms with Crippen molar-refractivity contribution in [3.05, 3.63) is 35.9 Å². The molecule has 0 aliphatic rings. The van der Waals surface area contributed by atoms with Crippen LogP contribution in [0.5, 0.6) is 0 Å². The number of hydrogen-bond acceptors (Lipinski definition) is 4. The Kier molecular flexibility index (Phi) is 8.42. The summed E-state index contributed by atoms with van der Waals surface area (Å²) in [6.45, 7) is 4.03. The van der Waals surface area contributed by atoms with Gasteiger partial charge in [-0.15, -0.1) is 0 Å². The van der Waals surface area contributed by atoms with Crippen LogP contribution in [0, 0.1) is 0 Å². The van der Waals surface area contributed by atoms with Gasteiger partial charge in [0.25, 0.3) is 0 Å². The lowest BCUT2D eigenvalue weighted by Gasteiger charge is -2.08. The van der Waals surface area contributed by atoms with Crippen LogP contribution in [0.25, 0.3) is 0 Å².